The van der Waals surface area contributed by atoms with E-state index in [-0.39, 0.29) is 6.61 Å². The number of nitrogens with one attached hydrogen (secondary N) is 1. The Morgan fingerprint density at radius 3 is 2.41 bits per heavy atom. The van der Waals surface area contributed by atoms with Crippen LogP contribution in [0.15, 0.2) is 6.20 Å². The average Bonchev–Trinajstić information content (AvgIpc) is 2.60. The molecule has 4 nitrogen and oxygen atoms in total. The number of aromatic amines is 1. The van der Waals surface area contributed by atoms with E-state index in [0.29, 0.717) is 6.20 Å². The first kappa shape index (κ1) is 13.3. The maximum atomic E-state index is 12.6. The Kier molecular flexibility index (Phi) is 3.59. The molecule has 0 fully saturated rings. The number of halogens is 3. The second kappa shape index (κ2) is 4.60. The molecule has 0 bridgehead atoms. The maximum Gasteiger partial charge on any atom is 0.418 e. The van der Waals surface area contributed by atoms with E-state index in [9.17, 15) is 22.8 Å². The molecule has 17 heavy (non-hydrogen) atoms. The van der Waals surface area contributed by atoms with E-state index in [2.05, 4.69) is 9.72 Å². The van der Waals surface area contributed by atoms with Crippen molar-refractivity contribution in [3.8, 4) is 0 Å². The third-order valence-corrected chi connectivity index (χ3v) is 2.02. The molecular formula is C10H10F3NO3. The number of hydrogen-bond acceptors (Lipinski definition) is 3. The van der Waals surface area contributed by atoms with Crippen LogP contribution in [0.25, 0.3) is 0 Å². The number of carbonyl (C=O) groups is 2. The molecule has 0 aliphatic carbocycles. The summed E-state index contributed by atoms with van der Waals surface area (Å²) in [7, 11) is 0. The van der Waals surface area contributed by atoms with Crippen LogP contribution >= 0.6 is 0 Å². The maximum absolute atomic E-state index is 12.6. The minimum atomic E-state index is -4.72. The topological polar surface area (TPSA) is 59.2 Å². The molecule has 0 aromatic carbocycles. The summed E-state index contributed by atoms with van der Waals surface area (Å²) < 4.78 is 42.3. The van der Waals surface area contributed by atoms with Gasteiger partial charge < -0.3 is 9.72 Å². The van der Waals surface area contributed by atoms with Gasteiger partial charge in [0.25, 0.3) is 0 Å². The zero-order chi connectivity index (χ0) is 13.2. The van der Waals surface area contributed by atoms with Crippen molar-refractivity contribution < 1.29 is 27.5 Å². The van der Waals surface area contributed by atoms with Gasteiger partial charge in [-0.05, 0) is 6.92 Å². The molecule has 0 unspecified atom stereocenters. The van der Waals surface area contributed by atoms with Crippen molar-refractivity contribution in [1.82, 2.24) is 4.98 Å². The highest BCUT2D eigenvalue weighted by Crippen LogP contribution is 2.34. The lowest BCUT2D eigenvalue weighted by atomic mass is 10.1. The molecule has 0 atom stereocenters. The van der Waals surface area contributed by atoms with Gasteiger partial charge >= 0.3 is 12.1 Å². The predicted molar refractivity (Wildman–Crippen MR) is 51.8 cm³/mol. The molecule has 0 spiro atoms. The van der Waals surface area contributed by atoms with Gasteiger partial charge in [-0.2, -0.15) is 13.2 Å². The summed E-state index contributed by atoms with van der Waals surface area (Å²) >= 11 is 0. The molecule has 1 aromatic heterocycles. The lowest BCUT2D eigenvalue weighted by molar-refractivity contribution is -0.138. The van der Waals surface area contributed by atoms with E-state index in [4.69, 9.17) is 0 Å². The fourth-order valence-electron chi connectivity index (χ4n) is 1.34. The number of rotatable bonds is 3. The highest BCUT2D eigenvalue weighted by atomic mass is 19.4. The zero-order valence-electron chi connectivity index (χ0n) is 9.14. The van der Waals surface area contributed by atoms with Crippen LogP contribution in [0.5, 0.6) is 0 Å². The van der Waals surface area contributed by atoms with Crippen molar-refractivity contribution in [2.75, 3.05) is 6.61 Å². The first-order chi connectivity index (χ1) is 7.79. The van der Waals surface area contributed by atoms with Gasteiger partial charge in [-0.3, -0.25) is 4.79 Å². The monoisotopic (exact) mass is 249 g/mol. The number of carbonyl (C=O) groups excluding carboxylic acids is 2. The van der Waals surface area contributed by atoms with Crippen LogP contribution < -0.4 is 0 Å². The average molecular weight is 249 g/mol. The molecule has 0 saturated heterocycles. The highest BCUT2D eigenvalue weighted by Gasteiger charge is 2.39. The van der Waals surface area contributed by atoms with Crippen molar-refractivity contribution in [3.63, 3.8) is 0 Å². The first-order valence-corrected chi connectivity index (χ1v) is 4.75. The molecule has 0 aliphatic heterocycles. The van der Waals surface area contributed by atoms with Crippen LogP contribution in [0, 0.1) is 0 Å². The molecular weight excluding hydrogens is 239 g/mol. The van der Waals surface area contributed by atoms with Crippen LogP contribution in [-0.4, -0.2) is 23.3 Å². The predicted octanol–water partition coefficient (Wildman–Crippen LogP) is 2.41. The van der Waals surface area contributed by atoms with Crippen molar-refractivity contribution in [3.05, 3.63) is 23.0 Å². The normalized spacial score (nSPS) is 11.4. The third-order valence-electron chi connectivity index (χ3n) is 2.02. The Labute approximate surface area is 94.8 Å². The smallest absolute Gasteiger partial charge is 0.418 e. The van der Waals surface area contributed by atoms with Crippen LogP contribution in [0.2, 0.25) is 0 Å². The molecule has 0 radical (unpaired) electrons. The molecule has 1 rings (SSSR count). The van der Waals surface area contributed by atoms with Gasteiger partial charge in [0.15, 0.2) is 5.78 Å². The van der Waals surface area contributed by atoms with Crippen LogP contribution in [0.1, 0.15) is 40.3 Å². The van der Waals surface area contributed by atoms with Crippen LogP contribution in [0.4, 0.5) is 13.2 Å². The third kappa shape index (κ3) is 2.66. The molecule has 1 heterocycles. The van der Waals surface area contributed by atoms with Gasteiger partial charge in [-0.1, -0.05) is 0 Å². The number of hydrogen-bond donors (Lipinski definition) is 1. The SMILES string of the molecule is CCOC(=O)c1c(C(F)(F)F)c[nH]c1C(C)=O. The number of H-pyrrole nitrogens is 1. The Balaban J connectivity index is 3.35. The highest BCUT2D eigenvalue weighted by molar-refractivity contribution is 6.05. The second-order valence-electron chi connectivity index (χ2n) is 3.23. The number of aromatic nitrogens is 1. The summed E-state index contributed by atoms with van der Waals surface area (Å²) in [6, 6.07) is 0. The minimum absolute atomic E-state index is 0.0708. The standard InChI is InChI=1S/C10H10F3NO3/c1-3-17-9(16)7-6(10(11,12)13)4-14-8(7)5(2)15/h4,14H,3H2,1-2H3. The Morgan fingerprint density at radius 1 is 1.41 bits per heavy atom. The van der Waals surface area contributed by atoms with Gasteiger partial charge in [0.05, 0.1) is 17.9 Å². The summed E-state index contributed by atoms with van der Waals surface area (Å²) in [5.41, 5.74) is -2.34. The molecule has 0 saturated carbocycles. The number of esters is 1. The number of ether oxygens (including phenoxy) is 1. The van der Waals surface area contributed by atoms with Crippen molar-refractivity contribution >= 4 is 11.8 Å². The molecule has 0 aliphatic rings. The van der Waals surface area contributed by atoms with Crippen molar-refractivity contribution in [2.24, 2.45) is 0 Å². The number of alkyl halides is 3. The van der Waals surface area contributed by atoms with E-state index in [0.717, 1.165) is 6.92 Å². The van der Waals surface area contributed by atoms with Gasteiger partial charge in [-0.25, -0.2) is 4.79 Å². The molecule has 1 N–H and O–H groups in total. The lowest BCUT2D eigenvalue weighted by Gasteiger charge is -2.08. The Morgan fingerprint density at radius 2 is 2.00 bits per heavy atom. The molecule has 0 amide bonds. The molecule has 1 aromatic rings. The van der Waals surface area contributed by atoms with E-state index in [1.54, 1.807) is 0 Å². The van der Waals surface area contributed by atoms with Crippen LogP contribution in [0.3, 0.4) is 0 Å². The largest absolute Gasteiger partial charge is 0.462 e. The van der Waals surface area contributed by atoms with Crippen molar-refractivity contribution in [2.45, 2.75) is 20.0 Å². The molecule has 94 valence electrons. The van der Waals surface area contributed by atoms with E-state index in [1.165, 1.54) is 6.92 Å². The van der Waals surface area contributed by atoms with Gasteiger partial charge in [-0.15, -0.1) is 0 Å². The van der Waals surface area contributed by atoms with Gasteiger partial charge in [0.1, 0.15) is 5.56 Å². The summed E-state index contributed by atoms with van der Waals surface area (Å²) in [6.07, 6.45) is -4.13. The summed E-state index contributed by atoms with van der Waals surface area (Å²) in [6.45, 7) is 2.46. The van der Waals surface area contributed by atoms with E-state index >= 15 is 0 Å². The summed E-state index contributed by atoms with van der Waals surface area (Å²) in [5.74, 6) is -1.82. The minimum Gasteiger partial charge on any atom is -0.462 e. The van der Waals surface area contributed by atoms with Gasteiger partial charge in [0, 0.05) is 13.1 Å². The zero-order valence-corrected chi connectivity index (χ0v) is 9.14. The number of Topliss-reactive ketones (excluding diaryl/α,β-unsaturated/α-hetero) is 1. The summed E-state index contributed by atoms with van der Waals surface area (Å²) in [5, 5.41) is 0. The lowest BCUT2D eigenvalue weighted by Crippen LogP contribution is -2.15. The van der Waals surface area contributed by atoms with Gasteiger partial charge in [0.2, 0.25) is 0 Å². The van der Waals surface area contributed by atoms with Crippen molar-refractivity contribution in [1.29, 1.82) is 0 Å². The van der Waals surface area contributed by atoms with E-state index < -0.39 is 34.7 Å². The second-order valence-corrected chi connectivity index (χ2v) is 3.23. The first-order valence-electron chi connectivity index (χ1n) is 4.75. The Bertz CT molecular complexity index is 448. The van der Waals surface area contributed by atoms with Crippen LogP contribution in [-0.2, 0) is 10.9 Å². The number of ketones is 1. The fraction of sp³-hybridized carbons (Fsp3) is 0.400. The summed E-state index contributed by atoms with van der Waals surface area (Å²) in [4.78, 5) is 24.7. The van der Waals surface area contributed by atoms with E-state index in [1.807, 2.05) is 0 Å². The fourth-order valence-corrected chi connectivity index (χ4v) is 1.34. The quantitative estimate of drug-likeness (QED) is 0.661. The Hall–Kier alpha value is -1.79. The molecule has 7 heteroatoms.